The zero-order chi connectivity index (χ0) is 57.0. The largest absolute Gasteiger partial charge is 0.483 e. The number of carbonyl (C=O) groups is 2. The summed E-state index contributed by atoms with van der Waals surface area (Å²) in [6.45, 7) is -2.84. The summed E-state index contributed by atoms with van der Waals surface area (Å²) in [5, 5.41) is 151. The number of H-pyrrole nitrogens is 1. The Hall–Kier alpha value is -2.26. The quantitative estimate of drug-likeness (QED) is 0.0291. The van der Waals surface area contributed by atoms with Crippen molar-refractivity contribution >= 4 is 49.0 Å². The zero-order valence-corrected chi connectivity index (χ0v) is 43.0. The van der Waals surface area contributed by atoms with Crippen LogP contribution in [0, 0.1) is 0 Å². The molecule has 0 saturated carbocycles. The number of nitrogens with one attached hydrogen (secondary N) is 3. The van der Waals surface area contributed by atoms with Crippen LogP contribution in [0.15, 0.2) is 21.9 Å². The maximum Gasteiger partial charge on any atom is 0.483 e. The number of amides is 2. The van der Waals surface area contributed by atoms with Crippen molar-refractivity contribution in [2.75, 3.05) is 37.9 Å². The average molecular weight is 1200 g/mol. The highest BCUT2D eigenvalue weighted by atomic mass is 33.1. The highest BCUT2D eigenvalue weighted by Gasteiger charge is 2.54. The van der Waals surface area contributed by atoms with Gasteiger partial charge in [-0.25, -0.2) is 13.9 Å². The van der Waals surface area contributed by atoms with Gasteiger partial charge in [-0.1, -0.05) is 21.6 Å². The molecule has 0 spiro atoms. The molecule has 19 N–H and O–H groups in total. The number of hydrogen-bond donors (Lipinski definition) is 19. The van der Waals surface area contributed by atoms with E-state index in [1.807, 2.05) is 4.98 Å². The highest BCUT2D eigenvalue weighted by molar-refractivity contribution is 8.76. The molecule has 26 atom stereocenters. The Morgan fingerprint density at radius 3 is 1.82 bits per heavy atom. The Balaban J connectivity index is 1.07. The second-order valence-corrected chi connectivity index (χ2v) is 23.3. The van der Waals surface area contributed by atoms with Gasteiger partial charge in [0.1, 0.15) is 110 Å². The number of aliphatic hydroxyl groups excluding tert-OH is 14. The number of nitrogens with zero attached hydrogens (tertiary/aromatic N) is 1. The third kappa shape index (κ3) is 15.6. The van der Waals surface area contributed by atoms with Gasteiger partial charge in [-0.3, -0.25) is 33.0 Å². The van der Waals surface area contributed by atoms with Crippen LogP contribution in [0.25, 0.3) is 0 Å². The first kappa shape index (κ1) is 63.9. The number of aromatic nitrogens is 2. The van der Waals surface area contributed by atoms with Crippen molar-refractivity contribution in [3.63, 3.8) is 0 Å². The summed E-state index contributed by atoms with van der Waals surface area (Å²) in [6.07, 6.45) is -39.9. The van der Waals surface area contributed by atoms with E-state index in [2.05, 4.69) is 19.5 Å². The summed E-state index contributed by atoms with van der Waals surface area (Å²) in [4.78, 5) is 71.6. The van der Waals surface area contributed by atoms with Crippen LogP contribution in [0.4, 0.5) is 0 Å². The van der Waals surface area contributed by atoms with E-state index in [1.54, 1.807) is 0 Å². The van der Waals surface area contributed by atoms with Crippen molar-refractivity contribution in [2.45, 2.75) is 154 Å². The van der Waals surface area contributed by atoms with Gasteiger partial charge >= 0.3 is 21.3 Å². The van der Waals surface area contributed by atoms with Crippen molar-refractivity contribution in [1.82, 2.24) is 20.2 Å². The van der Waals surface area contributed by atoms with Crippen LogP contribution < -0.4 is 21.9 Å². The van der Waals surface area contributed by atoms with E-state index in [9.17, 15) is 110 Å². The summed E-state index contributed by atoms with van der Waals surface area (Å²) >= 11 is 0. The van der Waals surface area contributed by atoms with Gasteiger partial charge in [0.15, 0.2) is 31.4 Å². The number of phosphoric acid groups is 2. The van der Waals surface area contributed by atoms with Gasteiger partial charge in [0.25, 0.3) is 5.56 Å². The van der Waals surface area contributed by atoms with Gasteiger partial charge in [-0.15, -0.1) is 0 Å². The Morgan fingerprint density at radius 2 is 1.21 bits per heavy atom. The van der Waals surface area contributed by atoms with Gasteiger partial charge in [0.2, 0.25) is 11.8 Å². The van der Waals surface area contributed by atoms with Crippen molar-refractivity contribution in [2.24, 2.45) is 0 Å². The van der Waals surface area contributed by atoms with E-state index in [0.717, 1.165) is 30.0 Å². The van der Waals surface area contributed by atoms with E-state index in [-0.39, 0.29) is 5.75 Å². The van der Waals surface area contributed by atoms with Gasteiger partial charge in [-0.05, 0) is 0 Å². The molecule has 442 valence electrons. The van der Waals surface area contributed by atoms with Crippen LogP contribution in [-0.2, 0) is 65.2 Å². The molecule has 2 unspecified atom stereocenters. The van der Waals surface area contributed by atoms with Crippen molar-refractivity contribution < 1.29 is 147 Å². The predicted molar refractivity (Wildman–Crippen MR) is 245 cm³/mol. The van der Waals surface area contributed by atoms with Gasteiger partial charge < -0.3 is 125 Å². The number of carbonyl (C=O) groups excluding carboxylic acids is 2. The second kappa shape index (κ2) is 27.2. The maximum atomic E-state index is 13.2. The Kier molecular flexibility index (Phi) is 22.6. The first-order valence-electron chi connectivity index (χ1n) is 22.8. The molecule has 6 rings (SSSR count). The Morgan fingerprint density at radius 1 is 0.649 bits per heavy atom. The molecular weight excluding hydrogens is 1140 g/mol. The molecule has 5 aliphatic rings. The lowest BCUT2D eigenvalue weighted by atomic mass is 9.96. The molecule has 0 aromatic carbocycles. The SMILES string of the molecule is CC(=O)N[C@H]1[C@H](O[C@@H]2[C@@H](OC[C@H]3O[C@@H](O)[C@@H](O)[C@@H](O)[C@@H]3O)O[C@H](CSSCC(=O)N[C@H]3[C@@H](OP(=O)(O)OP(=O)(O)OC[C@H]4O[C@@H](n5ccc(=O)[nH]c5=O)[C@H](O)[C@@H]4O)O[C@H](CO)[C@@H](O)[C@@H]3O)[C@@H](O)[C@@H]2O)O[C@H](CO)[C@@H](O)[C@@H]1O. The first-order chi connectivity index (χ1) is 36.1. The Bertz CT molecular complexity index is 2350. The smallest absolute Gasteiger partial charge is 0.394 e. The number of rotatable bonds is 22. The fourth-order valence-corrected chi connectivity index (χ4v) is 12.5. The van der Waals surface area contributed by atoms with Crippen LogP contribution in [0.3, 0.4) is 0 Å². The third-order valence-electron chi connectivity index (χ3n) is 12.3. The lowest BCUT2D eigenvalue weighted by molar-refractivity contribution is -0.358. The predicted octanol–water partition coefficient (Wildman–Crippen LogP) is -10.7. The maximum absolute atomic E-state index is 13.2. The van der Waals surface area contributed by atoms with E-state index in [0.29, 0.717) is 15.4 Å². The van der Waals surface area contributed by atoms with E-state index < -0.39 is 218 Å². The summed E-state index contributed by atoms with van der Waals surface area (Å²) in [6, 6.07) is -2.72. The summed E-state index contributed by atoms with van der Waals surface area (Å²) < 4.78 is 79.2. The molecule has 0 bridgehead atoms. The number of ether oxygens (including phenoxy) is 7. The lowest BCUT2D eigenvalue weighted by Crippen LogP contribution is -2.67. The van der Waals surface area contributed by atoms with Crippen LogP contribution in [-0.4, -0.2) is 282 Å². The average Bonchev–Trinajstić information content (AvgIpc) is 3.67. The fourth-order valence-electron chi connectivity index (χ4n) is 8.28. The summed E-state index contributed by atoms with van der Waals surface area (Å²) in [7, 11) is -10.2. The number of hydrogen-bond acceptors (Lipinski definition) is 32. The fraction of sp³-hybridized carbons (Fsp3) is 0.838. The van der Waals surface area contributed by atoms with Crippen LogP contribution in [0.2, 0.25) is 0 Å². The number of aliphatic hydroxyl groups is 14. The monoisotopic (exact) mass is 1200 g/mol. The van der Waals surface area contributed by atoms with Crippen molar-refractivity contribution in [3.8, 4) is 0 Å². The van der Waals surface area contributed by atoms with E-state index in [1.165, 1.54) is 0 Å². The molecule has 6 heterocycles. The lowest BCUT2D eigenvalue weighted by Gasteiger charge is -2.47. The molecule has 0 radical (unpaired) electrons. The van der Waals surface area contributed by atoms with Gasteiger partial charge in [0, 0.05) is 24.9 Å². The second-order valence-electron chi connectivity index (χ2n) is 17.8. The minimum atomic E-state index is -5.94. The molecule has 5 saturated heterocycles. The Labute approximate surface area is 439 Å². The minimum absolute atomic E-state index is 0.338. The van der Waals surface area contributed by atoms with Gasteiger partial charge in [0.05, 0.1) is 38.3 Å². The van der Waals surface area contributed by atoms with Crippen molar-refractivity contribution in [3.05, 3.63) is 33.1 Å². The first-order valence-corrected chi connectivity index (χ1v) is 28.3. The molecule has 36 nitrogen and oxygen atoms in total. The molecular formula is C37H60N4O32P2S2. The third-order valence-corrected chi connectivity index (χ3v) is 17.2. The van der Waals surface area contributed by atoms with Crippen LogP contribution >= 0.6 is 37.2 Å². The molecule has 1 aromatic heterocycles. The number of aromatic amines is 1. The van der Waals surface area contributed by atoms with E-state index in [4.69, 9.17) is 37.7 Å². The number of phosphoric ester groups is 2. The standard InChI is InChI=1S/C37H60N4O32P2S2/c1-10(44)38-18-25(52)20(47)11(4-42)68-34(18)71-31-28(55)24(51)15(70-36(31)64-6-13-22(49)27(54)30(57)33(58)67-13)8-76-77-9-17(46)39-19-26(53)21(48)12(5-43)69-35(19)72-75(62,63)73-74(60,61)65-7-14-23(50)29(56)32(66-14)41-3-2-16(45)40-37(41)59/h2-3,11-15,18-36,42-43,47-58H,4-9H2,1H3,(H,38,44)(H,39,46)(H,60,61)(H,62,63)(H,40,45,59)/t11-,12-,13-,14-,15-,18-,19-,20-,21-,22-,23-,24-,25-,26-,27+,28+,29-,30+,31+,32-,33-,34+,35-,36+/m1/s1. The summed E-state index contributed by atoms with van der Waals surface area (Å²) in [5.74, 6) is -2.74. The zero-order valence-electron chi connectivity index (χ0n) is 39.6. The molecule has 40 heteroatoms. The molecule has 77 heavy (non-hydrogen) atoms. The van der Waals surface area contributed by atoms with E-state index >= 15 is 0 Å². The van der Waals surface area contributed by atoms with Crippen LogP contribution in [0.1, 0.15) is 13.2 Å². The molecule has 5 aliphatic heterocycles. The summed E-state index contributed by atoms with van der Waals surface area (Å²) in [5.41, 5.74) is -1.88. The molecule has 5 fully saturated rings. The highest BCUT2D eigenvalue weighted by Crippen LogP contribution is 2.61. The van der Waals surface area contributed by atoms with Crippen molar-refractivity contribution in [1.29, 1.82) is 0 Å². The van der Waals surface area contributed by atoms with Crippen LogP contribution in [0.5, 0.6) is 0 Å². The molecule has 1 aromatic rings. The van der Waals surface area contributed by atoms with Gasteiger partial charge in [-0.2, -0.15) is 4.31 Å². The molecule has 2 amide bonds. The topological polar surface area (TPSA) is 563 Å². The normalized spacial score (nSPS) is 42.2. The minimum Gasteiger partial charge on any atom is -0.394 e. The molecule has 0 aliphatic carbocycles.